The van der Waals surface area contributed by atoms with E-state index in [0.717, 1.165) is 60.0 Å². The first-order valence-corrected chi connectivity index (χ1v) is 9.56. The molecule has 0 radical (unpaired) electrons. The van der Waals surface area contributed by atoms with E-state index in [1.54, 1.807) is 6.07 Å². The van der Waals surface area contributed by atoms with Crippen molar-refractivity contribution in [2.45, 2.75) is 39.0 Å². The minimum Gasteiger partial charge on any atom is -0.376 e. The van der Waals surface area contributed by atoms with Crippen LogP contribution in [0.3, 0.4) is 0 Å². The number of halogens is 1. The lowest BCUT2D eigenvalue weighted by Crippen LogP contribution is -2.12. The van der Waals surface area contributed by atoms with Crippen molar-refractivity contribution in [2.24, 2.45) is 5.92 Å². The SMILES string of the molecule is Cc1cc(F)ccc1-c1cc(C2=CCC(CCC=O)CC2)ncc1N(C)C. The van der Waals surface area contributed by atoms with E-state index in [0.29, 0.717) is 12.3 Å². The lowest BCUT2D eigenvalue weighted by molar-refractivity contribution is -0.108. The summed E-state index contributed by atoms with van der Waals surface area (Å²) in [4.78, 5) is 17.3. The minimum absolute atomic E-state index is 0.215. The van der Waals surface area contributed by atoms with E-state index in [-0.39, 0.29) is 5.82 Å². The van der Waals surface area contributed by atoms with Gasteiger partial charge < -0.3 is 9.69 Å². The Morgan fingerprint density at radius 3 is 2.70 bits per heavy atom. The lowest BCUT2D eigenvalue weighted by atomic mass is 9.85. The summed E-state index contributed by atoms with van der Waals surface area (Å²) in [6.45, 7) is 1.94. The Labute approximate surface area is 160 Å². The van der Waals surface area contributed by atoms with Crippen LogP contribution in [-0.4, -0.2) is 25.4 Å². The van der Waals surface area contributed by atoms with Gasteiger partial charge in [-0.2, -0.15) is 0 Å². The van der Waals surface area contributed by atoms with Crippen LogP contribution in [0.1, 0.15) is 43.4 Å². The van der Waals surface area contributed by atoms with Crippen LogP contribution >= 0.6 is 0 Å². The third-order valence-electron chi connectivity index (χ3n) is 5.38. The van der Waals surface area contributed by atoms with Crippen molar-refractivity contribution < 1.29 is 9.18 Å². The lowest BCUT2D eigenvalue weighted by Gasteiger charge is -2.23. The van der Waals surface area contributed by atoms with E-state index in [2.05, 4.69) is 12.1 Å². The molecule has 1 aliphatic carbocycles. The number of aromatic nitrogens is 1. The highest BCUT2D eigenvalue weighted by Gasteiger charge is 2.18. The average molecular weight is 366 g/mol. The zero-order valence-corrected chi connectivity index (χ0v) is 16.3. The van der Waals surface area contributed by atoms with E-state index in [1.165, 1.54) is 11.6 Å². The third-order valence-corrected chi connectivity index (χ3v) is 5.38. The monoisotopic (exact) mass is 366 g/mol. The van der Waals surface area contributed by atoms with Crippen molar-refractivity contribution >= 4 is 17.5 Å². The van der Waals surface area contributed by atoms with Gasteiger partial charge in [0, 0.05) is 26.1 Å². The first kappa shape index (κ1) is 19.3. The number of pyridine rings is 1. The summed E-state index contributed by atoms with van der Waals surface area (Å²) >= 11 is 0. The highest BCUT2D eigenvalue weighted by Crippen LogP contribution is 2.37. The maximum absolute atomic E-state index is 13.6. The second kappa shape index (κ2) is 8.47. The molecule has 27 heavy (non-hydrogen) atoms. The Balaban J connectivity index is 1.95. The number of aldehydes is 1. The fourth-order valence-corrected chi connectivity index (χ4v) is 3.81. The van der Waals surface area contributed by atoms with Gasteiger partial charge in [0.05, 0.1) is 17.6 Å². The number of nitrogens with zero attached hydrogens (tertiary/aromatic N) is 2. The number of hydrogen-bond acceptors (Lipinski definition) is 3. The third kappa shape index (κ3) is 4.44. The molecule has 0 fully saturated rings. The van der Waals surface area contributed by atoms with E-state index in [4.69, 9.17) is 4.98 Å². The number of benzene rings is 1. The number of rotatable bonds is 6. The molecule has 0 amide bonds. The zero-order chi connectivity index (χ0) is 19.4. The van der Waals surface area contributed by atoms with Crippen molar-refractivity contribution in [1.82, 2.24) is 4.98 Å². The van der Waals surface area contributed by atoms with Crippen LogP contribution in [0, 0.1) is 18.7 Å². The number of carbonyl (C=O) groups excluding carboxylic acids is 1. The molecule has 142 valence electrons. The first-order chi connectivity index (χ1) is 13.0. The summed E-state index contributed by atoms with van der Waals surface area (Å²) in [5, 5.41) is 0. The molecule has 1 aromatic carbocycles. The normalized spacial score (nSPS) is 16.7. The standard InChI is InChI=1S/C23H27FN2O/c1-16-13-19(24)10-11-20(16)21-14-22(25-15-23(21)26(2)3)18-8-6-17(7-9-18)5-4-12-27/h8,10-15,17H,4-7,9H2,1-3H3. The van der Waals surface area contributed by atoms with Gasteiger partial charge in [0.2, 0.25) is 0 Å². The van der Waals surface area contributed by atoms with Gasteiger partial charge in [-0.1, -0.05) is 12.1 Å². The fourth-order valence-electron chi connectivity index (χ4n) is 3.81. The van der Waals surface area contributed by atoms with E-state index < -0.39 is 0 Å². The number of carbonyl (C=O) groups is 1. The molecule has 3 rings (SSSR count). The van der Waals surface area contributed by atoms with Gasteiger partial charge in [-0.25, -0.2) is 4.39 Å². The molecule has 3 nitrogen and oxygen atoms in total. The maximum atomic E-state index is 13.6. The molecule has 1 atom stereocenters. The molecule has 0 bridgehead atoms. The Morgan fingerprint density at radius 2 is 2.07 bits per heavy atom. The number of anilines is 1. The summed E-state index contributed by atoms with van der Waals surface area (Å²) in [5.74, 6) is 0.382. The van der Waals surface area contributed by atoms with Gasteiger partial charge in [-0.15, -0.1) is 0 Å². The highest BCUT2D eigenvalue weighted by atomic mass is 19.1. The molecule has 0 saturated heterocycles. The van der Waals surface area contributed by atoms with Crippen LogP contribution in [-0.2, 0) is 4.79 Å². The predicted molar refractivity (Wildman–Crippen MR) is 109 cm³/mol. The summed E-state index contributed by atoms with van der Waals surface area (Å²) in [6.07, 6.45) is 9.91. The molecular weight excluding hydrogens is 339 g/mol. The minimum atomic E-state index is -0.215. The molecule has 1 unspecified atom stereocenters. The van der Waals surface area contributed by atoms with Crippen molar-refractivity contribution in [3.05, 3.63) is 53.6 Å². The van der Waals surface area contributed by atoms with Gasteiger partial charge in [-0.3, -0.25) is 4.98 Å². The van der Waals surface area contributed by atoms with Crippen LogP contribution < -0.4 is 4.90 Å². The molecular formula is C23H27FN2O. The molecule has 4 heteroatoms. The maximum Gasteiger partial charge on any atom is 0.123 e. The molecule has 0 saturated carbocycles. The van der Waals surface area contributed by atoms with E-state index in [9.17, 15) is 9.18 Å². The molecule has 0 aliphatic heterocycles. The predicted octanol–water partition coefficient (Wildman–Crippen LogP) is 5.42. The van der Waals surface area contributed by atoms with Gasteiger partial charge in [-0.05, 0) is 73.4 Å². The quantitative estimate of drug-likeness (QED) is 0.640. The summed E-state index contributed by atoms with van der Waals surface area (Å²) in [7, 11) is 3.99. The topological polar surface area (TPSA) is 33.2 Å². The van der Waals surface area contributed by atoms with Crippen molar-refractivity contribution in [3.63, 3.8) is 0 Å². The smallest absolute Gasteiger partial charge is 0.123 e. The molecule has 1 heterocycles. The van der Waals surface area contributed by atoms with Crippen LogP contribution in [0.5, 0.6) is 0 Å². The van der Waals surface area contributed by atoms with Crippen molar-refractivity contribution in [3.8, 4) is 11.1 Å². The van der Waals surface area contributed by atoms with Crippen LogP contribution in [0.4, 0.5) is 10.1 Å². The average Bonchev–Trinajstić information content (AvgIpc) is 2.66. The number of aryl methyl sites for hydroxylation is 1. The molecule has 1 aromatic heterocycles. The van der Waals surface area contributed by atoms with Crippen molar-refractivity contribution in [2.75, 3.05) is 19.0 Å². The number of hydrogen-bond donors (Lipinski definition) is 0. The van der Waals surface area contributed by atoms with Gasteiger partial charge in [0.25, 0.3) is 0 Å². The second-order valence-electron chi connectivity index (χ2n) is 7.55. The Bertz CT molecular complexity index is 857. The van der Waals surface area contributed by atoms with Gasteiger partial charge >= 0.3 is 0 Å². The van der Waals surface area contributed by atoms with Crippen LogP contribution in [0.2, 0.25) is 0 Å². The second-order valence-corrected chi connectivity index (χ2v) is 7.55. The summed E-state index contributed by atoms with van der Waals surface area (Å²) in [5.41, 5.74) is 6.31. The summed E-state index contributed by atoms with van der Waals surface area (Å²) in [6, 6.07) is 7.07. The molecule has 0 N–H and O–H groups in total. The first-order valence-electron chi connectivity index (χ1n) is 9.56. The van der Waals surface area contributed by atoms with Gasteiger partial charge in [0.15, 0.2) is 0 Å². The Hall–Kier alpha value is -2.49. The largest absolute Gasteiger partial charge is 0.376 e. The van der Waals surface area contributed by atoms with Gasteiger partial charge in [0.1, 0.15) is 12.1 Å². The molecule has 2 aromatic rings. The molecule has 0 spiro atoms. The number of allylic oxidation sites excluding steroid dienone is 2. The Kier molecular flexibility index (Phi) is 6.04. The van der Waals surface area contributed by atoms with E-state index in [1.807, 2.05) is 38.2 Å². The van der Waals surface area contributed by atoms with Crippen molar-refractivity contribution in [1.29, 1.82) is 0 Å². The van der Waals surface area contributed by atoms with Crippen LogP contribution in [0.15, 0.2) is 36.5 Å². The van der Waals surface area contributed by atoms with Crippen LogP contribution in [0.25, 0.3) is 16.7 Å². The highest BCUT2D eigenvalue weighted by molar-refractivity contribution is 5.82. The van der Waals surface area contributed by atoms with E-state index >= 15 is 0 Å². The Morgan fingerprint density at radius 1 is 1.26 bits per heavy atom. The zero-order valence-electron chi connectivity index (χ0n) is 16.3. The summed E-state index contributed by atoms with van der Waals surface area (Å²) < 4.78 is 13.6. The fraction of sp³-hybridized carbons (Fsp3) is 0.391. The molecule has 1 aliphatic rings.